The molecular weight excluding hydrogens is 453 g/mol. The number of rotatable bonds is 3. The van der Waals surface area contributed by atoms with Gasteiger partial charge in [-0.25, -0.2) is 4.98 Å². The number of alkyl halides is 9. The molecule has 3 heterocycles. The van der Waals surface area contributed by atoms with E-state index in [1.54, 1.807) is 0 Å². The van der Waals surface area contributed by atoms with Crippen LogP contribution in [0.1, 0.15) is 31.5 Å². The summed E-state index contributed by atoms with van der Waals surface area (Å²) in [4.78, 5) is 3.51. The Labute approximate surface area is 167 Å². The zero-order valence-corrected chi connectivity index (χ0v) is 15.9. The lowest BCUT2D eigenvalue weighted by Gasteiger charge is -2.36. The zero-order valence-electron chi connectivity index (χ0n) is 15.9. The number of nitrogens with zero attached hydrogens (tertiary/aromatic N) is 5. The molecule has 1 N–H and O–H groups in total. The van der Waals surface area contributed by atoms with Crippen molar-refractivity contribution in [2.75, 3.05) is 7.11 Å². The molecule has 174 valence electrons. The van der Waals surface area contributed by atoms with Gasteiger partial charge in [-0.1, -0.05) is 0 Å². The number of aliphatic hydroxyl groups is 1. The van der Waals surface area contributed by atoms with E-state index in [-0.39, 0.29) is 12.8 Å². The van der Waals surface area contributed by atoms with E-state index in [9.17, 15) is 44.6 Å². The normalized spacial score (nSPS) is 19.7. The molecule has 0 aromatic carbocycles. The molecule has 0 unspecified atom stereocenters. The lowest BCUT2D eigenvalue weighted by atomic mass is 10.00. The number of ether oxygens (including phenoxy) is 1. The van der Waals surface area contributed by atoms with Gasteiger partial charge >= 0.3 is 24.1 Å². The van der Waals surface area contributed by atoms with Crippen molar-refractivity contribution in [1.82, 2.24) is 24.3 Å². The summed E-state index contributed by atoms with van der Waals surface area (Å²) in [6.45, 7) is 0.964. The van der Waals surface area contributed by atoms with Crippen LogP contribution in [0.3, 0.4) is 0 Å². The lowest BCUT2D eigenvalue weighted by Crippen LogP contribution is -2.57. The molecule has 0 bridgehead atoms. The molecule has 3 rings (SSSR count). The van der Waals surface area contributed by atoms with Crippen LogP contribution in [0.25, 0.3) is 11.5 Å². The maximum atomic E-state index is 13.6. The molecule has 2 aromatic rings. The first-order chi connectivity index (χ1) is 13.9. The number of fused-ring (bicyclic) bond motifs is 3. The number of aromatic nitrogens is 5. The van der Waals surface area contributed by atoms with Gasteiger partial charge in [-0.3, -0.25) is 0 Å². The molecule has 0 aliphatic carbocycles. The molecule has 0 spiro atoms. The fraction of sp³-hybridized carbons (Fsp3) is 0.667. The molecule has 0 amide bonds. The van der Waals surface area contributed by atoms with E-state index in [0.29, 0.717) is 11.5 Å². The van der Waals surface area contributed by atoms with Gasteiger partial charge in [0.15, 0.2) is 17.5 Å². The summed E-state index contributed by atoms with van der Waals surface area (Å²) in [5.74, 6) is -3.13. The Bertz CT molecular complexity index is 973. The summed E-state index contributed by atoms with van der Waals surface area (Å²) in [6, 6.07) is -1.15. The SMILES string of the molecule is COC(c1nnc2n1C[C@H](C)n1c-2cnc1[C@@](C)(O)C(F)(F)F)(C(F)(F)F)C(F)(F)F. The lowest BCUT2D eigenvalue weighted by molar-refractivity contribution is -0.386. The predicted molar refractivity (Wildman–Crippen MR) is 82.4 cm³/mol. The number of methoxy groups -OCH3 is 1. The minimum Gasteiger partial charge on any atom is -0.374 e. The van der Waals surface area contributed by atoms with Gasteiger partial charge < -0.3 is 19.0 Å². The number of halogens is 9. The molecule has 2 aromatic heterocycles. The molecule has 7 nitrogen and oxygen atoms in total. The van der Waals surface area contributed by atoms with E-state index in [4.69, 9.17) is 0 Å². The minimum atomic E-state index is -5.99. The average Bonchev–Trinajstić information content (AvgIpc) is 3.17. The van der Waals surface area contributed by atoms with Gasteiger partial charge in [0.1, 0.15) is 5.69 Å². The highest BCUT2D eigenvalue weighted by atomic mass is 19.4. The monoisotopic (exact) mass is 467 g/mol. The number of hydrogen-bond donors (Lipinski definition) is 1. The van der Waals surface area contributed by atoms with Gasteiger partial charge in [-0.2, -0.15) is 39.5 Å². The van der Waals surface area contributed by atoms with Crippen LogP contribution in [0.5, 0.6) is 0 Å². The Kier molecular flexibility index (Phi) is 4.94. The topological polar surface area (TPSA) is 78.0 Å². The molecule has 0 radical (unpaired) electrons. The Balaban J connectivity index is 2.27. The first-order valence-electron chi connectivity index (χ1n) is 8.41. The van der Waals surface area contributed by atoms with Crippen molar-refractivity contribution in [3.8, 4) is 11.5 Å². The third kappa shape index (κ3) is 3.01. The van der Waals surface area contributed by atoms with Crippen molar-refractivity contribution in [3.05, 3.63) is 17.8 Å². The third-order valence-electron chi connectivity index (χ3n) is 5.07. The summed E-state index contributed by atoms with van der Waals surface area (Å²) in [7, 11) is 0.206. The molecular formula is C15H14F9N5O2. The van der Waals surface area contributed by atoms with Crippen molar-refractivity contribution < 1.29 is 49.4 Å². The van der Waals surface area contributed by atoms with E-state index in [2.05, 4.69) is 19.9 Å². The highest BCUT2D eigenvalue weighted by Crippen LogP contribution is 2.53. The smallest absolute Gasteiger partial charge is 0.374 e. The second-order valence-corrected chi connectivity index (χ2v) is 7.09. The van der Waals surface area contributed by atoms with Crippen molar-refractivity contribution in [3.63, 3.8) is 0 Å². The van der Waals surface area contributed by atoms with Crippen LogP contribution < -0.4 is 0 Å². The van der Waals surface area contributed by atoms with Crippen LogP contribution in [0, 0.1) is 0 Å². The molecule has 31 heavy (non-hydrogen) atoms. The molecule has 0 saturated carbocycles. The number of imidazole rings is 1. The van der Waals surface area contributed by atoms with Crippen LogP contribution in [0.2, 0.25) is 0 Å². The van der Waals surface area contributed by atoms with Crippen LogP contribution >= 0.6 is 0 Å². The van der Waals surface area contributed by atoms with Gasteiger partial charge in [-0.05, 0) is 13.8 Å². The summed E-state index contributed by atoms with van der Waals surface area (Å²) >= 11 is 0. The van der Waals surface area contributed by atoms with Crippen LogP contribution in [0.15, 0.2) is 6.20 Å². The Hall–Kier alpha value is -2.36. The quantitative estimate of drug-likeness (QED) is 0.700. The van der Waals surface area contributed by atoms with Gasteiger partial charge in [-0.15, -0.1) is 10.2 Å². The van der Waals surface area contributed by atoms with Crippen molar-refractivity contribution >= 4 is 0 Å². The number of hydrogen-bond acceptors (Lipinski definition) is 5. The Morgan fingerprint density at radius 2 is 1.52 bits per heavy atom. The van der Waals surface area contributed by atoms with Crippen LogP contribution in [-0.4, -0.2) is 55.1 Å². The first-order valence-corrected chi connectivity index (χ1v) is 8.41. The molecule has 1 aliphatic rings. The predicted octanol–water partition coefficient (Wildman–Crippen LogP) is 3.45. The molecule has 0 fully saturated rings. The maximum absolute atomic E-state index is 13.6. The van der Waals surface area contributed by atoms with E-state index >= 15 is 0 Å². The second-order valence-electron chi connectivity index (χ2n) is 7.09. The van der Waals surface area contributed by atoms with Gasteiger partial charge in [0, 0.05) is 13.7 Å². The van der Waals surface area contributed by atoms with Crippen molar-refractivity contribution in [1.29, 1.82) is 0 Å². The maximum Gasteiger partial charge on any atom is 0.434 e. The van der Waals surface area contributed by atoms with E-state index in [1.165, 1.54) is 6.92 Å². The first kappa shape index (κ1) is 23.3. The van der Waals surface area contributed by atoms with E-state index in [0.717, 1.165) is 10.8 Å². The minimum absolute atomic E-state index is 0.206. The van der Waals surface area contributed by atoms with Gasteiger partial charge in [0.2, 0.25) is 5.60 Å². The largest absolute Gasteiger partial charge is 0.434 e. The Morgan fingerprint density at radius 1 is 0.968 bits per heavy atom. The summed E-state index contributed by atoms with van der Waals surface area (Å²) in [5.41, 5.74) is -8.63. The zero-order chi connectivity index (χ0) is 23.8. The third-order valence-corrected chi connectivity index (χ3v) is 5.07. The standard InChI is InChI=1S/C15H14F9N5O2/c1-6-5-28-8(7-4-25-9(29(6)7)11(2,30)13(16,17)18)26-27-10(28)12(31-3,14(19,20)21)15(22,23)24/h4,6,30H,5H2,1-3H3/t6-,11+/m0/s1. The molecule has 1 aliphatic heterocycles. The summed E-state index contributed by atoms with van der Waals surface area (Å²) < 4.78 is 127. The molecule has 2 atom stereocenters. The van der Waals surface area contributed by atoms with Crippen LogP contribution in [-0.2, 0) is 22.5 Å². The van der Waals surface area contributed by atoms with Gasteiger partial charge in [0.05, 0.1) is 12.2 Å². The highest BCUT2D eigenvalue weighted by Gasteiger charge is 2.76. The summed E-state index contributed by atoms with van der Waals surface area (Å²) in [6.07, 6.45) is -16.4. The van der Waals surface area contributed by atoms with Crippen molar-refractivity contribution in [2.45, 2.75) is 56.2 Å². The average molecular weight is 467 g/mol. The van der Waals surface area contributed by atoms with Crippen molar-refractivity contribution in [2.24, 2.45) is 0 Å². The van der Waals surface area contributed by atoms with E-state index < -0.39 is 59.8 Å². The second kappa shape index (κ2) is 6.57. The Morgan fingerprint density at radius 3 is 1.97 bits per heavy atom. The van der Waals surface area contributed by atoms with E-state index in [1.807, 2.05) is 0 Å². The fourth-order valence-electron chi connectivity index (χ4n) is 3.47. The fourth-order valence-corrected chi connectivity index (χ4v) is 3.47. The molecule has 0 saturated heterocycles. The molecule has 16 heteroatoms. The van der Waals surface area contributed by atoms with Gasteiger partial charge in [0.25, 0.3) is 0 Å². The van der Waals surface area contributed by atoms with Crippen LogP contribution in [0.4, 0.5) is 39.5 Å². The highest BCUT2D eigenvalue weighted by molar-refractivity contribution is 5.53. The summed E-state index contributed by atoms with van der Waals surface area (Å²) in [5, 5.41) is 16.3.